The monoisotopic (exact) mass is 335 g/mol. The molecule has 7 heteroatoms. The molecular formula is C16H18ClN3O3. The predicted molar refractivity (Wildman–Crippen MR) is 86.9 cm³/mol. The van der Waals surface area contributed by atoms with Crippen LogP contribution in [0.15, 0.2) is 36.5 Å². The molecule has 0 spiro atoms. The van der Waals surface area contributed by atoms with Crippen LogP contribution in [-0.2, 0) is 4.79 Å². The van der Waals surface area contributed by atoms with E-state index in [1.54, 1.807) is 30.5 Å². The molecule has 0 saturated carbocycles. The smallest absolute Gasteiger partial charge is 0.326 e. The lowest BCUT2D eigenvalue weighted by Crippen LogP contribution is -2.41. The van der Waals surface area contributed by atoms with E-state index in [2.05, 4.69) is 10.4 Å². The van der Waals surface area contributed by atoms with Crippen LogP contribution in [0.5, 0.6) is 0 Å². The molecular weight excluding hydrogens is 318 g/mol. The fraction of sp³-hybridized carbons (Fsp3) is 0.312. The molecule has 1 aromatic heterocycles. The summed E-state index contributed by atoms with van der Waals surface area (Å²) in [4.78, 5) is 23.4. The first-order chi connectivity index (χ1) is 10.9. The lowest BCUT2D eigenvalue weighted by atomic mass is 10.0. The number of nitrogens with one attached hydrogen (secondary N) is 1. The number of amides is 1. The van der Waals surface area contributed by atoms with Gasteiger partial charge in [-0.3, -0.25) is 4.79 Å². The van der Waals surface area contributed by atoms with Gasteiger partial charge < -0.3 is 10.4 Å². The van der Waals surface area contributed by atoms with Crippen molar-refractivity contribution in [3.8, 4) is 5.69 Å². The SMILES string of the molecule is CC(C)CC(NC(=O)c1ccn(-c2ccc(Cl)cc2)n1)C(=O)O. The highest BCUT2D eigenvalue weighted by molar-refractivity contribution is 6.30. The third kappa shape index (κ3) is 4.56. The first-order valence-corrected chi connectivity index (χ1v) is 7.60. The highest BCUT2D eigenvalue weighted by atomic mass is 35.5. The van der Waals surface area contributed by atoms with Crippen LogP contribution in [0.2, 0.25) is 5.02 Å². The predicted octanol–water partition coefficient (Wildman–Crippen LogP) is 2.75. The van der Waals surface area contributed by atoms with Gasteiger partial charge in [-0.25, -0.2) is 9.48 Å². The Kier molecular flexibility index (Phi) is 5.39. The second-order valence-electron chi connectivity index (χ2n) is 5.62. The zero-order valence-corrected chi connectivity index (χ0v) is 13.6. The minimum atomic E-state index is -1.05. The molecule has 0 aliphatic rings. The van der Waals surface area contributed by atoms with Crippen molar-refractivity contribution in [2.75, 3.05) is 0 Å². The first kappa shape index (κ1) is 17.0. The molecule has 0 aliphatic heterocycles. The van der Waals surface area contributed by atoms with Crippen molar-refractivity contribution in [2.24, 2.45) is 5.92 Å². The van der Waals surface area contributed by atoms with E-state index in [1.807, 2.05) is 13.8 Å². The van der Waals surface area contributed by atoms with Gasteiger partial charge in [0.25, 0.3) is 5.91 Å². The van der Waals surface area contributed by atoms with E-state index >= 15 is 0 Å². The number of aliphatic carboxylic acids is 1. The van der Waals surface area contributed by atoms with Gasteiger partial charge in [-0.1, -0.05) is 25.4 Å². The maximum atomic E-state index is 12.2. The fourth-order valence-corrected chi connectivity index (χ4v) is 2.23. The van der Waals surface area contributed by atoms with Crippen LogP contribution in [0.4, 0.5) is 0 Å². The van der Waals surface area contributed by atoms with Gasteiger partial charge in [-0.05, 0) is 42.7 Å². The maximum absolute atomic E-state index is 12.2. The molecule has 1 unspecified atom stereocenters. The lowest BCUT2D eigenvalue weighted by Gasteiger charge is -2.15. The number of carboxylic acids is 1. The topological polar surface area (TPSA) is 84.2 Å². The van der Waals surface area contributed by atoms with Gasteiger partial charge in [0.05, 0.1) is 5.69 Å². The first-order valence-electron chi connectivity index (χ1n) is 7.22. The van der Waals surface area contributed by atoms with Crippen molar-refractivity contribution < 1.29 is 14.7 Å². The zero-order valence-electron chi connectivity index (χ0n) is 12.9. The molecule has 1 amide bonds. The summed E-state index contributed by atoms with van der Waals surface area (Å²) >= 11 is 5.83. The van der Waals surface area contributed by atoms with Gasteiger partial charge in [-0.2, -0.15) is 5.10 Å². The minimum Gasteiger partial charge on any atom is -0.480 e. The second kappa shape index (κ2) is 7.28. The zero-order chi connectivity index (χ0) is 17.0. The van der Waals surface area contributed by atoms with Crippen molar-refractivity contribution in [3.63, 3.8) is 0 Å². The second-order valence-corrected chi connectivity index (χ2v) is 6.05. The van der Waals surface area contributed by atoms with E-state index < -0.39 is 17.9 Å². The lowest BCUT2D eigenvalue weighted by molar-refractivity contribution is -0.139. The number of carbonyl (C=O) groups is 2. The summed E-state index contributed by atoms with van der Waals surface area (Å²) in [6, 6.07) is 7.61. The van der Waals surface area contributed by atoms with Crippen LogP contribution in [0.3, 0.4) is 0 Å². The van der Waals surface area contributed by atoms with Crippen molar-refractivity contribution in [3.05, 3.63) is 47.2 Å². The molecule has 1 atom stereocenters. The Morgan fingerprint density at radius 2 is 1.91 bits per heavy atom. The van der Waals surface area contributed by atoms with Crippen LogP contribution >= 0.6 is 11.6 Å². The minimum absolute atomic E-state index is 0.156. The summed E-state index contributed by atoms with van der Waals surface area (Å²) in [5, 5.41) is 16.5. The van der Waals surface area contributed by atoms with Crippen molar-refractivity contribution in [1.29, 1.82) is 0 Å². The van der Waals surface area contributed by atoms with Gasteiger partial charge in [0.15, 0.2) is 5.69 Å². The van der Waals surface area contributed by atoms with Crippen LogP contribution in [0.25, 0.3) is 5.69 Å². The number of halogens is 1. The highest BCUT2D eigenvalue weighted by Crippen LogP contribution is 2.13. The number of benzene rings is 1. The number of nitrogens with zero attached hydrogens (tertiary/aromatic N) is 2. The number of aromatic nitrogens is 2. The molecule has 2 N–H and O–H groups in total. The normalized spacial score (nSPS) is 12.2. The Hall–Kier alpha value is -2.34. The molecule has 0 radical (unpaired) electrons. The van der Waals surface area contributed by atoms with Crippen LogP contribution in [-0.4, -0.2) is 32.8 Å². The molecule has 122 valence electrons. The Morgan fingerprint density at radius 3 is 2.48 bits per heavy atom. The number of carboxylic acid groups (broad SMARTS) is 1. The largest absolute Gasteiger partial charge is 0.480 e. The van der Waals surface area contributed by atoms with E-state index in [0.29, 0.717) is 11.4 Å². The molecule has 2 rings (SSSR count). The Bertz CT molecular complexity index is 695. The van der Waals surface area contributed by atoms with E-state index in [-0.39, 0.29) is 11.6 Å². The van der Waals surface area contributed by atoms with E-state index in [9.17, 15) is 14.7 Å². The van der Waals surface area contributed by atoms with Gasteiger partial charge in [0.1, 0.15) is 6.04 Å². The summed E-state index contributed by atoms with van der Waals surface area (Å²) in [5.41, 5.74) is 0.917. The Balaban J connectivity index is 2.11. The van der Waals surface area contributed by atoms with Crippen molar-refractivity contribution in [1.82, 2.24) is 15.1 Å². The summed E-state index contributed by atoms with van der Waals surface area (Å²) in [6.45, 7) is 3.80. The maximum Gasteiger partial charge on any atom is 0.326 e. The van der Waals surface area contributed by atoms with Gasteiger partial charge >= 0.3 is 5.97 Å². The average Bonchev–Trinajstić information content (AvgIpc) is 2.96. The molecule has 1 heterocycles. The summed E-state index contributed by atoms with van der Waals surface area (Å²) in [7, 11) is 0. The fourth-order valence-electron chi connectivity index (χ4n) is 2.11. The average molecular weight is 336 g/mol. The van der Waals surface area contributed by atoms with E-state index in [1.165, 1.54) is 10.7 Å². The number of rotatable bonds is 6. The third-order valence-electron chi connectivity index (χ3n) is 3.22. The number of hydrogen-bond donors (Lipinski definition) is 2. The molecule has 0 bridgehead atoms. The van der Waals surface area contributed by atoms with Crippen LogP contribution in [0.1, 0.15) is 30.8 Å². The standard InChI is InChI=1S/C16H18ClN3O3/c1-10(2)9-14(16(22)23)18-15(21)13-7-8-20(19-13)12-5-3-11(17)4-6-12/h3-8,10,14H,9H2,1-2H3,(H,18,21)(H,22,23). The van der Waals surface area contributed by atoms with Gasteiger partial charge in [-0.15, -0.1) is 0 Å². The molecule has 23 heavy (non-hydrogen) atoms. The summed E-state index contributed by atoms with van der Waals surface area (Å²) in [6.07, 6.45) is 2.00. The van der Waals surface area contributed by atoms with Gasteiger partial charge in [0.2, 0.25) is 0 Å². The van der Waals surface area contributed by atoms with E-state index in [0.717, 1.165) is 5.69 Å². The quantitative estimate of drug-likeness (QED) is 0.850. The van der Waals surface area contributed by atoms with E-state index in [4.69, 9.17) is 11.6 Å². The molecule has 0 saturated heterocycles. The molecule has 0 fully saturated rings. The van der Waals surface area contributed by atoms with Crippen LogP contribution in [0, 0.1) is 5.92 Å². The molecule has 6 nitrogen and oxygen atoms in total. The third-order valence-corrected chi connectivity index (χ3v) is 3.48. The molecule has 2 aromatic rings. The Morgan fingerprint density at radius 1 is 1.26 bits per heavy atom. The summed E-state index contributed by atoms with van der Waals surface area (Å²) < 4.78 is 1.53. The number of hydrogen-bond acceptors (Lipinski definition) is 3. The van der Waals surface area contributed by atoms with Gasteiger partial charge in [0, 0.05) is 11.2 Å². The van der Waals surface area contributed by atoms with Crippen molar-refractivity contribution in [2.45, 2.75) is 26.3 Å². The van der Waals surface area contributed by atoms with Crippen molar-refractivity contribution >= 4 is 23.5 Å². The highest BCUT2D eigenvalue weighted by Gasteiger charge is 2.22. The number of carbonyl (C=O) groups excluding carboxylic acids is 1. The molecule has 1 aromatic carbocycles. The Labute approximate surface area is 139 Å². The summed E-state index contributed by atoms with van der Waals surface area (Å²) in [5.74, 6) is -1.40. The molecule has 0 aliphatic carbocycles. The van der Waals surface area contributed by atoms with Crippen LogP contribution < -0.4 is 5.32 Å².